The molecule has 14 heavy (non-hydrogen) atoms. The Balaban J connectivity index is 2.59. The summed E-state index contributed by atoms with van der Waals surface area (Å²) in [5, 5.41) is 0. The third-order valence-electron chi connectivity index (χ3n) is 2.58. The number of carbonyl (C=O) groups excluding carboxylic acids is 1. The Morgan fingerprint density at radius 1 is 1.50 bits per heavy atom. The first-order valence-corrected chi connectivity index (χ1v) is 4.68. The van der Waals surface area contributed by atoms with Gasteiger partial charge in [0.1, 0.15) is 0 Å². The molecule has 1 heterocycles. The Bertz CT molecular complexity index is 231. The van der Waals surface area contributed by atoms with E-state index in [4.69, 9.17) is 0 Å². The first-order chi connectivity index (χ1) is 6.34. The van der Waals surface area contributed by atoms with Gasteiger partial charge in [-0.05, 0) is 0 Å². The van der Waals surface area contributed by atoms with Crippen LogP contribution in [0.25, 0.3) is 0 Å². The fraction of sp³-hybridized carbons (Fsp3) is 0.889. The average Bonchev–Trinajstić information content (AvgIpc) is 2.08. The van der Waals surface area contributed by atoms with Crippen molar-refractivity contribution in [1.29, 1.82) is 0 Å². The molecular weight excluding hydrogens is 190 g/mol. The Kier molecular flexibility index (Phi) is 2.97. The molecule has 0 aliphatic carbocycles. The smallest absolute Gasteiger partial charge is 0.319 e. The second-order valence-electron chi connectivity index (χ2n) is 4.04. The number of amides is 2. The predicted molar refractivity (Wildman–Crippen MR) is 49.4 cm³/mol. The van der Waals surface area contributed by atoms with Crippen LogP contribution in [0.5, 0.6) is 0 Å². The number of nitrogens with zero attached hydrogens (tertiary/aromatic N) is 2. The lowest BCUT2D eigenvalue weighted by Gasteiger charge is -2.37. The average molecular weight is 206 g/mol. The summed E-state index contributed by atoms with van der Waals surface area (Å²) in [6.07, 6.45) is -0.228. The Morgan fingerprint density at radius 3 is 2.50 bits per heavy atom. The van der Waals surface area contributed by atoms with Crippen LogP contribution >= 0.6 is 0 Å². The standard InChI is InChI=1S/C9H16F2N2O/c1-7-6-13(8(14)12(2)3)5-4-9(7,10)11/h7H,4-6H2,1-3H3. The zero-order valence-corrected chi connectivity index (χ0v) is 8.76. The van der Waals surface area contributed by atoms with Crippen LogP contribution in [0.3, 0.4) is 0 Å². The highest BCUT2D eigenvalue weighted by Gasteiger charge is 2.42. The summed E-state index contributed by atoms with van der Waals surface area (Å²) < 4.78 is 26.2. The van der Waals surface area contributed by atoms with Crippen LogP contribution in [0.4, 0.5) is 13.6 Å². The zero-order valence-electron chi connectivity index (χ0n) is 8.76. The number of hydrogen-bond donors (Lipinski definition) is 0. The van der Waals surface area contributed by atoms with E-state index in [1.165, 1.54) is 16.7 Å². The lowest BCUT2D eigenvalue weighted by atomic mass is 9.96. The lowest BCUT2D eigenvalue weighted by Crippen LogP contribution is -2.50. The fourth-order valence-electron chi connectivity index (χ4n) is 1.54. The van der Waals surface area contributed by atoms with Crippen LogP contribution in [0.1, 0.15) is 13.3 Å². The highest BCUT2D eigenvalue weighted by Crippen LogP contribution is 2.33. The summed E-state index contributed by atoms with van der Waals surface area (Å²) in [5.74, 6) is -3.37. The molecule has 3 nitrogen and oxygen atoms in total. The minimum Gasteiger partial charge on any atom is -0.331 e. The van der Waals surface area contributed by atoms with E-state index in [1.54, 1.807) is 14.1 Å². The summed E-state index contributed by atoms with van der Waals surface area (Å²) in [6, 6.07) is -0.188. The minimum atomic E-state index is -2.62. The normalized spacial score (nSPS) is 26.1. The maximum absolute atomic E-state index is 13.1. The lowest BCUT2D eigenvalue weighted by molar-refractivity contribution is -0.0919. The molecule has 0 spiro atoms. The van der Waals surface area contributed by atoms with Crippen LogP contribution in [0, 0.1) is 5.92 Å². The van der Waals surface area contributed by atoms with Gasteiger partial charge in [0.2, 0.25) is 0 Å². The third-order valence-corrected chi connectivity index (χ3v) is 2.58. The van der Waals surface area contributed by atoms with E-state index in [9.17, 15) is 13.6 Å². The highest BCUT2D eigenvalue weighted by atomic mass is 19.3. The summed E-state index contributed by atoms with van der Waals surface area (Å²) in [6.45, 7) is 1.77. The topological polar surface area (TPSA) is 23.6 Å². The van der Waals surface area contributed by atoms with E-state index in [0.717, 1.165) is 0 Å². The van der Waals surface area contributed by atoms with Crippen LogP contribution in [-0.4, -0.2) is 48.9 Å². The van der Waals surface area contributed by atoms with Crippen molar-refractivity contribution in [3.05, 3.63) is 0 Å². The van der Waals surface area contributed by atoms with Crippen molar-refractivity contribution in [3.63, 3.8) is 0 Å². The molecule has 0 aromatic carbocycles. The summed E-state index contributed by atoms with van der Waals surface area (Å²) in [4.78, 5) is 14.3. The number of carbonyl (C=O) groups is 1. The number of piperidine rings is 1. The molecule has 1 aliphatic rings. The van der Waals surface area contributed by atoms with Crippen molar-refractivity contribution in [2.75, 3.05) is 27.2 Å². The SMILES string of the molecule is CC1CN(C(=O)N(C)C)CCC1(F)F. The van der Waals surface area contributed by atoms with Gasteiger partial charge in [-0.3, -0.25) is 0 Å². The van der Waals surface area contributed by atoms with Gasteiger partial charge in [-0.25, -0.2) is 13.6 Å². The van der Waals surface area contributed by atoms with Crippen LogP contribution < -0.4 is 0 Å². The zero-order chi connectivity index (χ0) is 10.9. The molecule has 2 amide bonds. The molecule has 1 aliphatic heterocycles. The fourth-order valence-corrected chi connectivity index (χ4v) is 1.54. The molecule has 1 saturated heterocycles. The first kappa shape index (κ1) is 11.2. The largest absolute Gasteiger partial charge is 0.331 e. The summed E-state index contributed by atoms with van der Waals surface area (Å²) in [7, 11) is 3.25. The molecule has 0 aromatic rings. The maximum Gasteiger partial charge on any atom is 0.319 e. The van der Waals surface area contributed by atoms with Crippen molar-refractivity contribution in [3.8, 4) is 0 Å². The molecule has 82 valence electrons. The summed E-state index contributed by atoms with van der Waals surface area (Å²) >= 11 is 0. The highest BCUT2D eigenvalue weighted by molar-refractivity contribution is 5.73. The second-order valence-corrected chi connectivity index (χ2v) is 4.04. The number of likely N-dealkylation sites (tertiary alicyclic amines) is 1. The van der Waals surface area contributed by atoms with Gasteiger partial charge in [-0.2, -0.15) is 0 Å². The van der Waals surface area contributed by atoms with Crippen LogP contribution in [0.15, 0.2) is 0 Å². The molecule has 0 saturated carbocycles. The molecule has 0 aromatic heterocycles. The van der Waals surface area contributed by atoms with Crippen molar-refractivity contribution in [2.45, 2.75) is 19.3 Å². The first-order valence-electron chi connectivity index (χ1n) is 4.68. The van der Waals surface area contributed by atoms with Crippen molar-refractivity contribution in [2.24, 2.45) is 5.92 Å². The van der Waals surface area contributed by atoms with E-state index >= 15 is 0 Å². The molecule has 1 rings (SSSR count). The van der Waals surface area contributed by atoms with E-state index < -0.39 is 11.8 Å². The molecule has 1 atom stereocenters. The van der Waals surface area contributed by atoms with Gasteiger partial charge in [0.05, 0.1) is 0 Å². The number of rotatable bonds is 0. The van der Waals surface area contributed by atoms with Crippen LogP contribution in [0.2, 0.25) is 0 Å². The molecule has 0 N–H and O–H groups in total. The van der Waals surface area contributed by atoms with E-state index in [-0.39, 0.29) is 25.5 Å². The third kappa shape index (κ3) is 2.13. The Morgan fingerprint density at radius 2 is 2.07 bits per heavy atom. The van der Waals surface area contributed by atoms with Gasteiger partial charge in [0.15, 0.2) is 0 Å². The Labute approximate surface area is 82.7 Å². The quantitative estimate of drug-likeness (QED) is 0.591. The van der Waals surface area contributed by atoms with Crippen LogP contribution in [-0.2, 0) is 0 Å². The Hall–Kier alpha value is -0.870. The number of alkyl halides is 2. The van der Waals surface area contributed by atoms with E-state index in [2.05, 4.69) is 0 Å². The number of hydrogen-bond acceptors (Lipinski definition) is 1. The van der Waals surface area contributed by atoms with E-state index in [1.807, 2.05) is 0 Å². The van der Waals surface area contributed by atoms with Gasteiger partial charge >= 0.3 is 6.03 Å². The molecule has 0 bridgehead atoms. The number of urea groups is 1. The van der Waals surface area contributed by atoms with Crippen molar-refractivity contribution < 1.29 is 13.6 Å². The monoisotopic (exact) mass is 206 g/mol. The molecular formula is C9H16F2N2O. The molecule has 0 radical (unpaired) electrons. The minimum absolute atomic E-state index is 0.143. The van der Waals surface area contributed by atoms with Gasteiger partial charge in [0, 0.05) is 39.5 Å². The van der Waals surface area contributed by atoms with Gasteiger partial charge < -0.3 is 9.80 Å². The second kappa shape index (κ2) is 3.71. The van der Waals surface area contributed by atoms with Gasteiger partial charge in [-0.1, -0.05) is 6.92 Å². The van der Waals surface area contributed by atoms with Gasteiger partial charge in [-0.15, -0.1) is 0 Å². The van der Waals surface area contributed by atoms with Gasteiger partial charge in [0.25, 0.3) is 5.92 Å². The molecule has 1 fully saturated rings. The van der Waals surface area contributed by atoms with E-state index in [0.29, 0.717) is 0 Å². The maximum atomic E-state index is 13.1. The molecule has 1 unspecified atom stereocenters. The number of halogens is 2. The predicted octanol–water partition coefficient (Wildman–Crippen LogP) is 1.65. The van der Waals surface area contributed by atoms with Crippen molar-refractivity contribution >= 4 is 6.03 Å². The van der Waals surface area contributed by atoms with Crippen molar-refractivity contribution in [1.82, 2.24) is 9.80 Å². The summed E-state index contributed by atoms with van der Waals surface area (Å²) in [5.41, 5.74) is 0. The molecule has 5 heteroatoms.